The van der Waals surface area contributed by atoms with Crippen molar-refractivity contribution in [3.05, 3.63) is 28.5 Å². The summed E-state index contributed by atoms with van der Waals surface area (Å²) in [6, 6.07) is 1.80. The predicted molar refractivity (Wildman–Crippen MR) is 45.6 cm³/mol. The third-order valence-corrected chi connectivity index (χ3v) is 2.03. The van der Waals surface area contributed by atoms with Crippen molar-refractivity contribution in [2.75, 3.05) is 0 Å². The summed E-state index contributed by atoms with van der Waals surface area (Å²) in [6.45, 7) is 1.72. The van der Waals surface area contributed by atoms with Crippen LogP contribution in [-0.4, -0.2) is 11.1 Å². The molecule has 1 heterocycles. The average Bonchev–Trinajstić information content (AvgIpc) is 2.40. The molecule has 1 rings (SSSR count). The summed E-state index contributed by atoms with van der Waals surface area (Å²) >= 11 is 1.50. The second kappa shape index (κ2) is 3.34. The Bertz CT molecular complexity index is 272. The van der Waals surface area contributed by atoms with E-state index in [4.69, 9.17) is 5.11 Å². The second-order valence-corrected chi connectivity index (χ2v) is 2.80. The first kappa shape index (κ1) is 8.01. The minimum Gasteiger partial charge on any atom is -0.478 e. The maximum Gasteiger partial charge on any atom is 0.335 e. The van der Waals surface area contributed by atoms with E-state index in [1.54, 1.807) is 19.1 Å². The molecule has 3 heteroatoms. The van der Waals surface area contributed by atoms with E-state index >= 15 is 0 Å². The highest BCUT2D eigenvalue weighted by atomic mass is 32.1. The van der Waals surface area contributed by atoms with Crippen molar-refractivity contribution >= 4 is 22.9 Å². The van der Waals surface area contributed by atoms with Crippen molar-refractivity contribution < 1.29 is 9.90 Å². The summed E-state index contributed by atoms with van der Waals surface area (Å²) in [5.41, 5.74) is 1.15. The fourth-order valence-corrected chi connectivity index (χ4v) is 1.49. The Morgan fingerprint density at radius 3 is 2.82 bits per heavy atom. The standard InChI is InChI=1S/C8H8O2S/c1-2-7(8(9)10)6-3-4-11-5-6/h2-5H,1H3,(H,9,10). The van der Waals surface area contributed by atoms with Crippen LogP contribution < -0.4 is 0 Å². The Hall–Kier alpha value is -1.09. The van der Waals surface area contributed by atoms with Gasteiger partial charge in [-0.1, -0.05) is 6.08 Å². The Labute approximate surface area is 68.8 Å². The first-order valence-corrected chi connectivity index (χ1v) is 4.12. The lowest BCUT2D eigenvalue weighted by atomic mass is 10.1. The van der Waals surface area contributed by atoms with Crippen LogP contribution in [0.4, 0.5) is 0 Å². The Morgan fingerprint density at radius 2 is 2.45 bits per heavy atom. The Kier molecular flexibility index (Phi) is 2.44. The van der Waals surface area contributed by atoms with Gasteiger partial charge in [0.15, 0.2) is 0 Å². The second-order valence-electron chi connectivity index (χ2n) is 2.02. The van der Waals surface area contributed by atoms with E-state index in [9.17, 15) is 4.79 Å². The minimum absolute atomic E-state index is 0.367. The highest BCUT2D eigenvalue weighted by molar-refractivity contribution is 7.08. The largest absolute Gasteiger partial charge is 0.478 e. The van der Waals surface area contributed by atoms with Gasteiger partial charge in [0.1, 0.15) is 0 Å². The predicted octanol–water partition coefficient (Wildman–Crippen LogP) is 2.24. The molecule has 2 nitrogen and oxygen atoms in total. The molecule has 0 saturated heterocycles. The molecule has 0 bridgehead atoms. The van der Waals surface area contributed by atoms with Gasteiger partial charge < -0.3 is 5.11 Å². The van der Waals surface area contributed by atoms with Crippen LogP contribution in [-0.2, 0) is 4.79 Å². The fraction of sp³-hybridized carbons (Fsp3) is 0.125. The van der Waals surface area contributed by atoms with Gasteiger partial charge in [-0.05, 0) is 29.3 Å². The summed E-state index contributed by atoms with van der Waals surface area (Å²) in [6.07, 6.45) is 1.60. The number of thiophene rings is 1. The van der Waals surface area contributed by atoms with E-state index < -0.39 is 5.97 Å². The molecule has 0 atom stereocenters. The smallest absolute Gasteiger partial charge is 0.335 e. The molecule has 58 valence electrons. The Balaban J connectivity index is 2.99. The molecule has 0 radical (unpaired) electrons. The Morgan fingerprint density at radius 1 is 1.73 bits per heavy atom. The molecule has 0 fully saturated rings. The van der Waals surface area contributed by atoms with E-state index in [2.05, 4.69) is 0 Å². The molecule has 0 unspecified atom stereocenters. The zero-order valence-corrected chi connectivity index (χ0v) is 6.89. The molecule has 0 amide bonds. The van der Waals surface area contributed by atoms with Crippen LogP contribution in [0.1, 0.15) is 12.5 Å². The van der Waals surface area contributed by atoms with Gasteiger partial charge >= 0.3 is 5.97 Å². The highest BCUT2D eigenvalue weighted by Crippen LogP contribution is 2.17. The van der Waals surface area contributed by atoms with E-state index in [0.717, 1.165) is 5.56 Å². The summed E-state index contributed by atoms with van der Waals surface area (Å²) in [5.74, 6) is -0.870. The SMILES string of the molecule is CC=C(C(=O)O)c1ccsc1. The van der Waals surface area contributed by atoms with Crippen molar-refractivity contribution in [1.82, 2.24) is 0 Å². The molecule has 1 aromatic heterocycles. The molecule has 0 aliphatic heterocycles. The van der Waals surface area contributed by atoms with Gasteiger partial charge in [0, 0.05) is 0 Å². The minimum atomic E-state index is -0.870. The van der Waals surface area contributed by atoms with Crippen LogP contribution >= 0.6 is 11.3 Å². The van der Waals surface area contributed by atoms with Crippen molar-refractivity contribution in [1.29, 1.82) is 0 Å². The molecule has 0 aromatic carbocycles. The molecule has 0 saturated carbocycles. The van der Waals surface area contributed by atoms with E-state index in [0.29, 0.717) is 5.57 Å². The molecular formula is C8H8O2S. The van der Waals surface area contributed by atoms with Crippen LogP contribution in [0.3, 0.4) is 0 Å². The zero-order valence-electron chi connectivity index (χ0n) is 6.07. The van der Waals surface area contributed by atoms with Gasteiger partial charge in [-0.3, -0.25) is 0 Å². The molecule has 0 aliphatic rings. The molecular weight excluding hydrogens is 160 g/mol. The monoisotopic (exact) mass is 168 g/mol. The molecule has 0 aliphatic carbocycles. The quantitative estimate of drug-likeness (QED) is 0.687. The van der Waals surface area contributed by atoms with Crippen LogP contribution in [0, 0.1) is 0 Å². The lowest BCUT2D eigenvalue weighted by Gasteiger charge is -1.94. The van der Waals surface area contributed by atoms with Gasteiger partial charge in [-0.2, -0.15) is 11.3 Å². The van der Waals surface area contributed by atoms with Gasteiger partial charge in [0.25, 0.3) is 0 Å². The van der Waals surface area contributed by atoms with E-state index in [1.165, 1.54) is 11.3 Å². The summed E-state index contributed by atoms with van der Waals surface area (Å²) < 4.78 is 0. The first-order valence-electron chi connectivity index (χ1n) is 3.18. The van der Waals surface area contributed by atoms with Crippen molar-refractivity contribution in [3.8, 4) is 0 Å². The van der Waals surface area contributed by atoms with Crippen LogP contribution in [0.15, 0.2) is 22.9 Å². The van der Waals surface area contributed by atoms with Crippen molar-refractivity contribution in [2.24, 2.45) is 0 Å². The maximum absolute atomic E-state index is 10.6. The number of hydrogen-bond acceptors (Lipinski definition) is 2. The first-order chi connectivity index (χ1) is 5.25. The van der Waals surface area contributed by atoms with Gasteiger partial charge in [-0.25, -0.2) is 4.79 Å². The van der Waals surface area contributed by atoms with E-state index in [1.807, 2.05) is 10.8 Å². The summed E-state index contributed by atoms with van der Waals surface area (Å²) in [5, 5.41) is 12.4. The van der Waals surface area contributed by atoms with Gasteiger partial charge in [0.2, 0.25) is 0 Å². The van der Waals surface area contributed by atoms with Crippen LogP contribution in [0.25, 0.3) is 5.57 Å². The molecule has 1 N–H and O–H groups in total. The fourth-order valence-electron chi connectivity index (χ4n) is 0.831. The number of carboxylic acid groups (broad SMARTS) is 1. The molecule has 0 spiro atoms. The number of allylic oxidation sites excluding steroid dienone is 1. The summed E-state index contributed by atoms with van der Waals surface area (Å²) in [4.78, 5) is 10.6. The van der Waals surface area contributed by atoms with E-state index in [-0.39, 0.29) is 0 Å². The average molecular weight is 168 g/mol. The lowest BCUT2D eigenvalue weighted by molar-refractivity contribution is -0.130. The number of hydrogen-bond donors (Lipinski definition) is 1. The van der Waals surface area contributed by atoms with Gasteiger partial charge in [0.05, 0.1) is 5.57 Å². The normalized spacial score (nSPS) is 11.5. The van der Waals surface area contributed by atoms with Crippen LogP contribution in [0.5, 0.6) is 0 Å². The topological polar surface area (TPSA) is 37.3 Å². The third-order valence-electron chi connectivity index (χ3n) is 1.35. The maximum atomic E-state index is 10.6. The highest BCUT2D eigenvalue weighted by Gasteiger charge is 2.07. The molecule has 11 heavy (non-hydrogen) atoms. The van der Waals surface area contributed by atoms with Crippen LogP contribution in [0.2, 0.25) is 0 Å². The third kappa shape index (κ3) is 1.68. The van der Waals surface area contributed by atoms with Crippen molar-refractivity contribution in [3.63, 3.8) is 0 Å². The number of carboxylic acids is 1. The number of aliphatic carboxylic acids is 1. The van der Waals surface area contributed by atoms with Crippen molar-refractivity contribution in [2.45, 2.75) is 6.92 Å². The lowest BCUT2D eigenvalue weighted by Crippen LogP contribution is -1.97. The number of carbonyl (C=O) groups is 1. The summed E-state index contributed by atoms with van der Waals surface area (Å²) in [7, 11) is 0. The molecule has 1 aromatic rings. The van der Waals surface area contributed by atoms with Gasteiger partial charge in [-0.15, -0.1) is 0 Å². The zero-order chi connectivity index (χ0) is 8.27. The number of rotatable bonds is 2.